The maximum Gasteiger partial charge on any atom is 0.334 e. The van der Waals surface area contributed by atoms with Gasteiger partial charge in [-0.15, -0.1) is 0 Å². The normalized spacial score (nSPS) is 14.4. The van der Waals surface area contributed by atoms with Crippen LogP contribution in [0, 0.1) is 0 Å². The van der Waals surface area contributed by atoms with E-state index in [2.05, 4.69) is 89.3 Å². The van der Waals surface area contributed by atoms with Gasteiger partial charge in [0.15, 0.2) is 0 Å². The molecule has 0 saturated heterocycles. The minimum atomic E-state index is 0.281. The minimum absolute atomic E-state index is 0.281. The molecule has 2 nitrogen and oxygen atoms in total. The van der Waals surface area contributed by atoms with E-state index in [0.29, 0.717) is 0 Å². The Hall–Kier alpha value is -2.22. The maximum atomic E-state index is 2.37. The SMILES string of the molecule is C[N+]1=CC=[N+](C(c2ccccc2)c2ccccc2)C1. The fourth-order valence-electron chi connectivity index (χ4n) is 2.57. The van der Waals surface area contributed by atoms with Crippen LogP contribution in [0.25, 0.3) is 0 Å². The molecule has 2 aromatic carbocycles. The Balaban J connectivity index is 2.03. The molecule has 0 fully saturated rings. The molecule has 0 atom stereocenters. The van der Waals surface area contributed by atoms with Crippen molar-refractivity contribution in [1.29, 1.82) is 0 Å². The second kappa shape index (κ2) is 5.19. The zero-order valence-corrected chi connectivity index (χ0v) is 11.1. The van der Waals surface area contributed by atoms with E-state index in [4.69, 9.17) is 0 Å². The van der Waals surface area contributed by atoms with Gasteiger partial charge in [0.2, 0.25) is 18.5 Å². The van der Waals surface area contributed by atoms with Crippen molar-refractivity contribution < 1.29 is 9.15 Å². The molecular weight excluding hydrogens is 232 g/mol. The lowest BCUT2D eigenvalue weighted by atomic mass is 9.98. The smallest absolute Gasteiger partial charge is 0.176 e. The van der Waals surface area contributed by atoms with Gasteiger partial charge < -0.3 is 0 Å². The van der Waals surface area contributed by atoms with Crippen molar-refractivity contribution in [3.63, 3.8) is 0 Å². The topological polar surface area (TPSA) is 6.02 Å². The van der Waals surface area contributed by atoms with E-state index >= 15 is 0 Å². The van der Waals surface area contributed by atoms with E-state index in [1.807, 2.05) is 0 Å². The monoisotopic (exact) mass is 250 g/mol. The van der Waals surface area contributed by atoms with Crippen LogP contribution in [-0.2, 0) is 0 Å². The summed E-state index contributed by atoms with van der Waals surface area (Å²) >= 11 is 0. The minimum Gasteiger partial charge on any atom is -0.176 e. The van der Waals surface area contributed by atoms with Crippen molar-refractivity contribution in [3.05, 3.63) is 71.8 Å². The fraction of sp³-hybridized carbons (Fsp3) is 0.176. The fourth-order valence-corrected chi connectivity index (χ4v) is 2.57. The Bertz CT molecular complexity index is 573. The third-order valence-electron chi connectivity index (χ3n) is 3.46. The molecule has 1 heterocycles. The predicted octanol–water partition coefficient (Wildman–Crippen LogP) is 2.54. The van der Waals surface area contributed by atoms with Crippen LogP contribution in [-0.4, -0.2) is 35.3 Å². The first-order valence-corrected chi connectivity index (χ1v) is 6.59. The quantitative estimate of drug-likeness (QED) is 0.739. The Kier molecular flexibility index (Phi) is 3.23. The number of benzene rings is 2. The second-order valence-electron chi connectivity index (χ2n) is 4.93. The van der Waals surface area contributed by atoms with Gasteiger partial charge in [0.1, 0.15) is 7.05 Å². The van der Waals surface area contributed by atoms with Gasteiger partial charge in [-0.1, -0.05) is 60.7 Å². The highest BCUT2D eigenvalue weighted by Gasteiger charge is 2.29. The van der Waals surface area contributed by atoms with Crippen molar-refractivity contribution >= 4 is 12.4 Å². The second-order valence-corrected chi connectivity index (χ2v) is 4.93. The Morgan fingerprint density at radius 1 is 0.789 bits per heavy atom. The Morgan fingerprint density at radius 3 is 1.74 bits per heavy atom. The van der Waals surface area contributed by atoms with Crippen molar-refractivity contribution in [2.75, 3.05) is 13.7 Å². The van der Waals surface area contributed by atoms with Crippen LogP contribution in [0.4, 0.5) is 0 Å². The molecule has 0 spiro atoms. The third kappa shape index (κ3) is 2.48. The molecule has 19 heavy (non-hydrogen) atoms. The summed E-state index contributed by atoms with van der Waals surface area (Å²) in [6.45, 7) is 0.925. The summed E-state index contributed by atoms with van der Waals surface area (Å²) in [5, 5.41) is 0. The van der Waals surface area contributed by atoms with Gasteiger partial charge in [0.05, 0.1) is 0 Å². The van der Waals surface area contributed by atoms with Crippen molar-refractivity contribution in [2.45, 2.75) is 6.04 Å². The largest absolute Gasteiger partial charge is 0.334 e. The summed E-state index contributed by atoms with van der Waals surface area (Å²) in [4.78, 5) is 0. The Labute approximate surface area is 114 Å². The molecule has 0 bridgehead atoms. The molecule has 0 radical (unpaired) electrons. The van der Waals surface area contributed by atoms with Gasteiger partial charge in [-0.3, -0.25) is 0 Å². The van der Waals surface area contributed by atoms with Gasteiger partial charge in [-0.05, 0) is 0 Å². The molecular formula is C17H18N2+2. The van der Waals surface area contributed by atoms with E-state index in [9.17, 15) is 0 Å². The molecule has 0 aromatic heterocycles. The number of rotatable bonds is 3. The van der Waals surface area contributed by atoms with E-state index < -0.39 is 0 Å². The lowest BCUT2D eigenvalue weighted by molar-refractivity contribution is -0.716. The van der Waals surface area contributed by atoms with E-state index in [0.717, 1.165) is 6.67 Å². The molecule has 2 aromatic rings. The lowest BCUT2D eigenvalue weighted by Crippen LogP contribution is -2.22. The molecule has 0 saturated carbocycles. The predicted molar refractivity (Wildman–Crippen MR) is 78.2 cm³/mol. The van der Waals surface area contributed by atoms with Gasteiger partial charge in [0.25, 0.3) is 0 Å². The van der Waals surface area contributed by atoms with Crippen LogP contribution in [0.3, 0.4) is 0 Å². The third-order valence-corrected chi connectivity index (χ3v) is 3.46. The van der Waals surface area contributed by atoms with Crippen LogP contribution >= 0.6 is 0 Å². The first-order valence-electron chi connectivity index (χ1n) is 6.59. The van der Waals surface area contributed by atoms with Gasteiger partial charge in [-0.25, -0.2) is 0 Å². The summed E-state index contributed by atoms with van der Waals surface area (Å²) < 4.78 is 4.56. The summed E-state index contributed by atoms with van der Waals surface area (Å²) in [5.74, 6) is 0. The first kappa shape index (κ1) is 11.8. The molecule has 94 valence electrons. The van der Waals surface area contributed by atoms with Crippen LogP contribution in [0.15, 0.2) is 60.7 Å². The van der Waals surface area contributed by atoms with Crippen LogP contribution in [0.1, 0.15) is 17.2 Å². The van der Waals surface area contributed by atoms with Gasteiger partial charge in [0, 0.05) is 11.1 Å². The molecule has 0 N–H and O–H groups in total. The van der Waals surface area contributed by atoms with Crippen LogP contribution in [0.2, 0.25) is 0 Å². The van der Waals surface area contributed by atoms with E-state index in [1.165, 1.54) is 11.1 Å². The van der Waals surface area contributed by atoms with Gasteiger partial charge in [-0.2, -0.15) is 9.15 Å². The molecule has 1 aliphatic heterocycles. The molecule has 2 heteroatoms. The highest BCUT2D eigenvalue weighted by Crippen LogP contribution is 2.25. The first-order chi connectivity index (χ1) is 9.34. The van der Waals surface area contributed by atoms with Crippen LogP contribution in [0.5, 0.6) is 0 Å². The van der Waals surface area contributed by atoms with E-state index in [1.54, 1.807) is 0 Å². The Morgan fingerprint density at radius 2 is 1.32 bits per heavy atom. The van der Waals surface area contributed by atoms with Crippen molar-refractivity contribution in [2.24, 2.45) is 0 Å². The van der Waals surface area contributed by atoms with Gasteiger partial charge >= 0.3 is 6.67 Å². The van der Waals surface area contributed by atoms with Crippen molar-refractivity contribution in [1.82, 2.24) is 0 Å². The maximum absolute atomic E-state index is 2.37. The summed E-state index contributed by atoms with van der Waals surface area (Å²) in [5.41, 5.74) is 2.65. The van der Waals surface area contributed by atoms with Crippen LogP contribution < -0.4 is 0 Å². The highest BCUT2D eigenvalue weighted by molar-refractivity contribution is 6.11. The molecule has 0 unspecified atom stereocenters. The lowest BCUT2D eigenvalue weighted by Gasteiger charge is -2.13. The molecule has 1 aliphatic rings. The molecule has 0 amide bonds. The number of hydrogen-bond acceptors (Lipinski definition) is 0. The summed E-state index contributed by atoms with van der Waals surface area (Å²) in [6.07, 6.45) is 4.30. The molecule has 3 rings (SSSR count). The van der Waals surface area contributed by atoms with Crippen molar-refractivity contribution in [3.8, 4) is 0 Å². The number of hydrogen-bond donors (Lipinski definition) is 0. The highest BCUT2D eigenvalue weighted by atomic mass is 15.2. The summed E-state index contributed by atoms with van der Waals surface area (Å²) in [6, 6.07) is 21.6. The zero-order chi connectivity index (χ0) is 13.1. The molecule has 0 aliphatic carbocycles. The standard InChI is InChI=1S/C17H18N2/c1-18-12-13-19(14-18)17(15-8-4-2-5-9-15)16-10-6-3-7-11-16/h2-13,17H,14H2,1H3/q+2. The summed E-state index contributed by atoms with van der Waals surface area (Å²) in [7, 11) is 2.10. The van der Waals surface area contributed by atoms with E-state index in [-0.39, 0.29) is 6.04 Å². The average Bonchev–Trinajstić information content (AvgIpc) is 2.88. The number of nitrogens with zero attached hydrogens (tertiary/aromatic N) is 2. The zero-order valence-electron chi connectivity index (χ0n) is 11.1. The average molecular weight is 250 g/mol.